The van der Waals surface area contributed by atoms with Gasteiger partial charge in [0.1, 0.15) is 12.0 Å². The van der Waals surface area contributed by atoms with Gasteiger partial charge in [-0.2, -0.15) is 0 Å². The third-order valence-corrected chi connectivity index (χ3v) is 2.43. The van der Waals surface area contributed by atoms with Crippen LogP contribution in [0.5, 0.6) is 5.75 Å². The molecule has 1 fully saturated rings. The second kappa shape index (κ2) is 3.99. The summed E-state index contributed by atoms with van der Waals surface area (Å²) in [5.74, 6) is 0.767. The largest absolute Gasteiger partial charge is 0.474 e. The minimum absolute atomic E-state index is 0.139. The van der Waals surface area contributed by atoms with Crippen molar-refractivity contribution in [2.24, 2.45) is 0 Å². The van der Waals surface area contributed by atoms with Gasteiger partial charge < -0.3 is 4.74 Å². The molecule has 0 spiro atoms. The zero-order chi connectivity index (χ0) is 9.10. The van der Waals surface area contributed by atoms with E-state index in [1.807, 2.05) is 24.3 Å². The maximum absolute atomic E-state index is 5.95. The van der Waals surface area contributed by atoms with Gasteiger partial charge in [0, 0.05) is 0 Å². The molecule has 1 unspecified atom stereocenters. The summed E-state index contributed by atoms with van der Waals surface area (Å²) in [6.45, 7) is 1.04. The number of rotatable bonds is 2. The van der Waals surface area contributed by atoms with E-state index in [4.69, 9.17) is 16.3 Å². The summed E-state index contributed by atoms with van der Waals surface area (Å²) in [5, 5.41) is 3.93. The van der Waals surface area contributed by atoms with Crippen LogP contribution in [0.2, 0.25) is 5.02 Å². The Labute approximate surface area is 82.9 Å². The maximum Gasteiger partial charge on any atom is 0.150 e. The Balaban J connectivity index is 2.04. The van der Waals surface area contributed by atoms with Gasteiger partial charge in [-0.05, 0) is 31.5 Å². The van der Waals surface area contributed by atoms with Gasteiger partial charge in [0.25, 0.3) is 0 Å². The van der Waals surface area contributed by atoms with Crippen molar-refractivity contribution in [1.29, 1.82) is 0 Å². The summed E-state index contributed by atoms with van der Waals surface area (Å²) in [6.07, 6.45) is 2.38. The smallest absolute Gasteiger partial charge is 0.150 e. The van der Waals surface area contributed by atoms with Crippen molar-refractivity contribution in [1.82, 2.24) is 5.32 Å². The summed E-state index contributed by atoms with van der Waals surface area (Å²) < 4.78 is 5.66. The van der Waals surface area contributed by atoms with E-state index >= 15 is 0 Å². The van der Waals surface area contributed by atoms with Crippen LogP contribution < -0.4 is 10.1 Å². The Kier molecular flexibility index (Phi) is 2.71. The molecule has 1 aliphatic rings. The fourth-order valence-corrected chi connectivity index (χ4v) is 1.63. The van der Waals surface area contributed by atoms with Gasteiger partial charge in [0.05, 0.1) is 5.02 Å². The number of ether oxygens (including phenoxy) is 1. The first-order valence-corrected chi connectivity index (χ1v) is 4.88. The van der Waals surface area contributed by atoms with E-state index in [1.54, 1.807) is 0 Å². The van der Waals surface area contributed by atoms with E-state index in [9.17, 15) is 0 Å². The maximum atomic E-state index is 5.95. The molecular formula is C10H12ClNO. The molecule has 0 amide bonds. The topological polar surface area (TPSA) is 21.3 Å². The molecule has 0 aliphatic carbocycles. The van der Waals surface area contributed by atoms with Gasteiger partial charge in [-0.15, -0.1) is 0 Å². The Hall–Kier alpha value is -0.730. The number of hydrogen-bond acceptors (Lipinski definition) is 2. The van der Waals surface area contributed by atoms with E-state index < -0.39 is 0 Å². The van der Waals surface area contributed by atoms with Crippen LogP contribution in [0.4, 0.5) is 0 Å². The lowest BCUT2D eigenvalue weighted by atomic mass is 10.3. The summed E-state index contributed by atoms with van der Waals surface area (Å²) >= 11 is 5.95. The number of hydrogen-bond donors (Lipinski definition) is 1. The number of benzene rings is 1. The third-order valence-electron chi connectivity index (χ3n) is 2.12. The first-order chi connectivity index (χ1) is 6.36. The Bertz CT molecular complexity index is 284. The SMILES string of the molecule is Clc1ccccc1OC1CCCN1. The standard InChI is InChI=1S/C10H12ClNO/c11-8-4-1-2-5-9(8)13-10-6-3-7-12-10/h1-2,4-5,10,12H,3,6-7H2. The zero-order valence-corrected chi connectivity index (χ0v) is 8.05. The molecule has 1 heterocycles. The van der Waals surface area contributed by atoms with Crippen LogP contribution in [0.1, 0.15) is 12.8 Å². The third kappa shape index (κ3) is 2.14. The average Bonchev–Trinajstić information content (AvgIpc) is 2.61. The molecule has 1 saturated heterocycles. The quantitative estimate of drug-likeness (QED) is 0.787. The summed E-state index contributed by atoms with van der Waals surface area (Å²) in [4.78, 5) is 0. The molecule has 2 nitrogen and oxygen atoms in total. The van der Waals surface area contributed by atoms with E-state index in [1.165, 1.54) is 6.42 Å². The lowest BCUT2D eigenvalue weighted by molar-refractivity contribution is 0.187. The van der Waals surface area contributed by atoms with Crippen molar-refractivity contribution in [2.45, 2.75) is 19.1 Å². The molecule has 0 aromatic heterocycles. The van der Waals surface area contributed by atoms with Gasteiger partial charge in [0.15, 0.2) is 0 Å². The van der Waals surface area contributed by atoms with Crippen LogP contribution in [-0.4, -0.2) is 12.8 Å². The van der Waals surface area contributed by atoms with Crippen LogP contribution in [0.15, 0.2) is 24.3 Å². The Morgan fingerprint density at radius 2 is 2.23 bits per heavy atom. The summed E-state index contributed by atoms with van der Waals surface area (Å²) in [7, 11) is 0. The molecule has 0 bridgehead atoms. The van der Waals surface area contributed by atoms with Crippen LogP contribution in [0, 0.1) is 0 Å². The molecular weight excluding hydrogens is 186 g/mol. The van der Waals surface area contributed by atoms with Gasteiger partial charge in [0.2, 0.25) is 0 Å². The van der Waals surface area contributed by atoms with Crippen LogP contribution >= 0.6 is 11.6 Å². The van der Waals surface area contributed by atoms with Crippen LogP contribution in [0.25, 0.3) is 0 Å². The minimum atomic E-state index is 0.139. The molecule has 1 aliphatic heterocycles. The predicted octanol–water partition coefficient (Wildman–Crippen LogP) is 2.43. The van der Waals surface area contributed by atoms with E-state index in [0.29, 0.717) is 5.02 Å². The van der Waals surface area contributed by atoms with E-state index in [0.717, 1.165) is 18.7 Å². The van der Waals surface area contributed by atoms with Crippen molar-refractivity contribution < 1.29 is 4.74 Å². The Morgan fingerprint density at radius 3 is 2.92 bits per heavy atom. The first-order valence-electron chi connectivity index (χ1n) is 4.51. The highest BCUT2D eigenvalue weighted by molar-refractivity contribution is 6.32. The molecule has 2 rings (SSSR count). The summed E-state index contributed by atoms with van der Waals surface area (Å²) in [5.41, 5.74) is 0. The first kappa shape index (κ1) is 8.85. The molecule has 13 heavy (non-hydrogen) atoms. The molecule has 1 atom stereocenters. The molecule has 1 aromatic carbocycles. The van der Waals surface area contributed by atoms with Gasteiger partial charge in [-0.3, -0.25) is 5.32 Å². The lowest BCUT2D eigenvalue weighted by Gasteiger charge is -2.14. The van der Waals surface area contributed by atoms with Crippen molar-refractivity contribution in [3.63, 3.8) is 0 Å². The molecule has 0 radical (unpaired) electrons. The van der Waals surface area contributed by atoms with Gasteiger partial charge in [-0.25, -0.2) is 0 Å². The molecule has 3 heteroatoms. The number of halogens is 1. The second-order valence-electron chi connectivity index (χ2n) is 3.13. The fourth-order valence-electron chi connectivity index (χ4n) is 1.45. The molecule has 0 saturated carbocycles. The molecule has 1 aromatic rings. The predicted molar refractivity (Wildman–Crippen MR) is 53.1 cm³/mol. The van der Waals surface area contributed by atoms with Crippen molar-refractivity contribution in [3.05, 3.63) is 29.3 Å². The van der Waals surface area contributed by atoms with Gasteiger partial charge >= 0.3 is 0 Å². The van der Waals surface area contributed by atoms with Crippen molar-refractivity contribution >= 4 is 11.6 Å². The van der Waals surface area contributed by atoms with Crippen molar-refractivity contribution in [2.75, 3.05) is 6.54 Å². The molecule has 1 N–H and O–H groups in total. The number of nitrogens with one attached hydrogen (secondary N) is 1. The minimum Gasteiger partial charge on any atom is -0.474 e. The highest BCUT2D eigenvalue weighted by Gasteiger charge is 2.15. The highest BCUT2D eigenvalue weighted by atomic mass is 35.5. The zero-order valence-electron chi connectivity index (χ0n) is 7.29. The van der Waals surface area contributed by atoms with Crippen LogP contribution in [-0.2, 0) is 0 Å². The normalized spacial score (nSPS) is 21.8. The van der Waals surface area contributed by atoms with Gasteiger partial charge in [-0.1, -0.05) is 23.7 Å². The monoisotopic (exact) mass is 197 g/mol. The second-order valence-corrected chi connectivity index (χ2v) is 3.54. The number of para-hydroxylation sites is 1. The average molecular weight is 198 g/mol. The summed E-state index contributed by atoms with van der Waals surface area (Å²) in [6, 6.07) is 7.56. The fraction of sp³-hybridized carbons (Fsp3) is 0.400. The van der Waals surface area contributed by atoms with Crippen LogP contribution in [0.3, 0.4) is 0 Å². The molecule has 70 valence electrons. The Morgan fingerprint density at radius 1 is 1.38 bits per heavy atom. The highest BCUT2D eigenvalue weighted by Crippen LogP contribution is 2.25. The lowest BCUT2D eigenvalue weighted by Crippen LogP contribution is -2.27. The van der Waals surface area contributed by atoms with E-state index in [2.05, 4.69) is 5.32 Å². The van der Waals surface area contributed by atoms with E-state index in [-0.39, 0.29) is 6.23 Å². The van der Waals surface area contributed by atoms with Crippen molar-refractivity contribution in [3.8, 4) is 5.75 Å².